The molecule has 0 saturated heterocycles. The van der Waals surface area contributed by atoms with Crippen LogP contribution in [0.1, 0.15) is 27.4 Å². The van der Waals surface area contributed by atoms with Gasteiger partial charge in [0.15, 0.2) is 5.78 Å². The van der Waals surface area contributed by atoms with Gasteiger partial charge in [-0.15, -0.1) is 5.10 Å². The molecule has 39 heavy (non-hydrogen) atoms. The summed E-state index contributed by atoms with van der Waals surface area (Å²) in [6.07, 6.45) is 2.85. The van der Waals surface area contributed by atoms with Gasteiger partial charge in [-0.25, -0.2) is 14.4 Å². The highest BCUT2D eigenvalue weighted by atomic mass is 32.2. The number of hydrogen-bond donors (Lipinski definition) is 2. The summed E-state index contributed by atoms with van der Waals surface area (Å²) in [5.41, 5.74) is 4.33. The molecule has 10 heteroatoms. The predicted molar refractivity (Wildman–Crippen MR) is 151 cm³/mol. The summed E-state index contributed by atoms with van der Waals surface area (Å²) in [5.74, 6) is 2.03. The SMILES string of the molecule is Cc1cc(Nc2ccc(C(=O)/C=C/c3ccccc3F)cc2)n2nc(SCc3nc4ccccc4[nH]3)nc2n1. The zero-order valence-electron chi connectivity index (χ0n) is 20.8. The van der Waals surface area contributed by atoms with Crippen LogP contribution in [0.3, 0.4) is 0 Å². The molecule has 3 heterocycles. The summed E-state index contributed by atoms with van der Waals surface area (Å²) in [6, 6.07) is 23.2. The van der Waals surface area contributed by atoms with Crippen molar-refractivity contribution in [1.29, 1.82) is 0 Å². The van der Waals surface area contributed by atoms with Crippen LogP contribution in [0.25, 0.3) is 22.9 Å². The molecule has 0 aliphatic rings. The summed E-state index contributed by atoms with van der Waals surface area (Å²) < 4.78 is 15.5. The molecule has 6 aromatic rings. The molecule has 0 radical (unpaired) electrons. The van der Waals surface area contributed by atoms with Gasteiger partial charge in [-0.1, -0.05) is 42.1 Å². The van der Waals surface area contributed by atoms with Crippen LogP contribution in [0.15, 0.2) is 90.1 Å². The average molecular weight is 536 g/mol. The lowest BCUT2D eigenvalue weighted by molar-refractivity contribution is 0.104. The van der Waals surface area contributed by atoms with Crippen LogP contribution in [-0.4, -0.2) is 35.3 Å². The number of halogens is 1. The van der Waals surface area contributed by atoms with Crippen LogP contribution >= 0.6 is 11.8 Å². The first-order valence-corrected chi connectivity index (χ1v) is 13.2. The predicted octanol–water partition coefficient (Wildman–Crippen LogP) is 6.38. The number of aromatic amines is 1. The van der Waals surface area contributed by atoms with Gasteiger partial charge in [0.2, 0.25) is 5.16 Å². The third-order valence-electron chi connectivity index (χ3n) is 5.96. The van der Waals surface area contributed by atoms with Gasteiger partial charge < -0.3 is 10.3 Å². The molecular weight excluding hydrogens is 513 g/mol. The molecule has 6 rings (SSSR count). The fraction of sp³-hybridized carbons (Fsp3) is 0.0690. The first-order valence-electron chi connectivity index (χ1n) is 12.2. The molecule has 0 fully saturated rings. The van der Waals surface area contributed by atoms with Crippen molar-refractivity contribution in [3.8, 4) is 0 Å². The quantitative estimate of drug-likeness (QED) is 0.132. The largest absolute Gasteiger partial charge is 0.341 e. The Morgan fingerprint density at radius 2 is 1.82 bits per heavy atom. The Balaban J connectivity index is 1.17. The Hall–Kier alpha value is -4.83. The second-order valence-corrected chi connectivity index (χ2v) is 9.74. The molecule has 3 aromatic heterocycles. The molecule has 3 aromatic carbocycles. The van der Waals surface area contributed by atoms with Gasteiger partial charge in [0, 0.05) is 28.6 Å². The molecular formula is C29H22FN7OS. The minimum Gasteiger partial charge on any atom is -0.341 e. The highest BCUT2D eigenvalue weighted by Crippen LogP contribution is 2.24. The van der Waals surface area contributed by atoms with Gasteiger partial charge >= 0.3 is 0 Å². The lowest BCUT2D eigenvalue weighted by Gasteiger charge is -2.09. The van der Waals surface area contributed by atoms with Crippen LogP contribution in [0.5, 0.6) is 0 Å². The number of allylic oxidation sites excluding steroid dienone is 1. The number of rotatable bonds is 8. The molecule has 2 N–H and O–H groups in total. The number of imidazole rings is 1. The first-order chi connectivity index (χ1) is 19.0. The summed E-state index contributed by atoms with van der Waals surface area (Å²) >= 11 is 1.47. The van der Waals surface area contributed by atoms with E-state index in [4.69, 9.17) is 0 Å². The Morgan fingerprint density at radius 1 is 1.03 bits per heavy atom. The number of carbonyl (C=O) groups is 1. The number of aromatic nitrogens is 6. The molecule has 0 amide bonds. The molecule has 192 valence electrons. The molecule has 0 spiro atoms. The third-order valence-corrected chi connectivity index (χ3v) is 6.81. The van der Waals surface area contributed by atoms with Crippen LogP contribution in [0.2, 0.25) is 0 Å². The van der Waals surface area contributed by atoms with E-state index in [9.17, 15) is 9.18 Å². The monoisotopic (exact) mass is 535 g/mol. The van der Waals surface area contributed by atoms with E-state index in [1.165, 1.54) is 30.0 Å². The lowest BCUT2D eigenvalue weighted by atomic mass is 10.1. The fourth-order valence-corrected chi connectivity index (χ4v) is 4.75. The van der Waals surface area contributed by atoms with Gasteiger partial charge in [-0.2, -0.15) is 9.50 Å². The van der Waals surface area contributed by atoms with E-state index >= 15 is 0 Å². The number of aryl methyl sites for hydroxylation is 1. The third kappa shape index (κ3) is 5.41. The van der Waals surface area contributed by atoms with E-state index in [2.05, 4.69) is 30.4 Å². The first kappa shape index (κ1) is 24.5. The Morgan fingerprint density at radius 3 is 2.64 bits per heavy atom. The van der Waals surface area contributed by atoms with E-state index in [0.717, 1.165) is 28.2 Å². The van der Waals surface area contributed by atoms with Crippen molar-refractivity contribution in [2.45, 2.75) is 17.8 Å². The van der Waals surface area contributed by atoms with Crippen molar-refractivity contribution < 1.29 is 9.18 Å². The van der Waals surface area contributed by atoms with Crippen LogP contribution in [0, 0.1) is 12.7 Å². The molecule has 0 aliphatic heterocycles. The van der Waals surface area contributed by atoms with Gasteiger partial charge in [-0.3, -0.25) is 4.79 Å². The molecule has 0 bridgehead atoms. The molecule has 0 atom stereocenters. The van der Waals surface area contributed by atoms with Gasteiger partial charge in [-0.05, 0) is 61.5 Å². The number of para-hydroxylation sites is 2. The second-order valence-electron chi connectivity index (χ2n) is 8.80. The molecule has 0 aliphatic carbocycles. The smallest absolute Gasteiger partial charge is 0.255 e. The summed E-state index contributed by atoms with van der Waals surface area (Å²) in [6.45, 7) is 1.89. The van der Waals surface area contributed by atoms with Crippen molar-refractivity contribution in [2.24, 2.45) is 0 Å². The van der Waals surface area contributed by atoms with Gasteiger partial charge in [0.05, 0.1) is 16.8 Å². The highest BCUT2D eigenvalue weighted by Gasteiger charge is 2.13. The van der Waals surface area contributed by atoms with E-state index < -0.39 is 0 Å². The van der Waals surface area contributed by atoms with Crippen molar-refractivity contribution in [2.75, 3.05) is 5.32 Å². The molecule has 0 unspecified atom stereocenters. The van der Waals surface area contributed by atoms with Crippen LogP contribution in [-0.2, 0) is 5.75 Å². The number of anilines is 2. The summed E-state index contributed by atoms with van der Waals surface area (Å²) in [7, 11) is 0. The number of nitrogens with one attached hydrogen (secondary N) is 2. The zero-order valence-corrected chi connectivity index (χ0v) is 21.6. The number of hydrogen-bond acceptors (Lipinski definition) is 7. The maximum Gasteiger partial charge on any atom is 0.255 e. The normalized spacial score (nSPS) is 11.5. The number of H-pyrrole nitrogens is 1. The Labute approximate surface area is 227 Å². The summed E-state index contributed by atoms with van der Waals surface area (Å²) in [5, 5.41) is 8.55. The number of ketones is 1. The van der Waals surface area contributed by atoms with Gasteiger partial charge in [0.1, 0.15) is 17.5 Å². The van der Waals surface area contributed by atoms with E-state index in [1.807, 2.05) is 37.3 Å². The number of thioether (sulfide) groups is 1. The second kappa shape index (κ2) is 10.5. The van der Waals surface area contributed by atoms with Crippen LogP contribution < -0.4 is 5.32 Å². The van der Waals surface area contributed by atoms with Gasteiger partial charge in [0.25, 0.3) is 5.78 Å². The highest BCUT2D eigenvalue weighted by molar-refractivity contribution is 7.98. The van der Waals surface area contributed by atoms with Crippen LogP contribution in [0.4, 0.5) is 15.9 Å². The number of nitrogens with zero attached hydrogens (tertiary/aromatic N) is 5. The van der Waals surface area contributed by atoms with E-state index in [1.54, 1.807) is 47.0 Å². The van der Waals surface area contributed by atoms with E-state index in [-0.39, 0.29) is 11.6 Å². The average Bonchev–Trinajstić information content (AvgIpc) is 3.55. The van der Waals surface area contributed by atoms with Crippen molar-refractivity contribution in [1.82, 2.24) is 29.5 Å². The van der Waals surface area contributed by atoms with Crippen molar-refractivity contribution in [3.63, 3.8) is 0 Å². The zero-order chi connectivity index (χ0) is 26.8. The molecule has 0 saturated carbocycles. The minimum absolute atomic E-state index is 0.214. The standard InChI is InChI=1S/C29H22FN7OS/c1-18-16-27(32-21-13-10-20(11-14-21)25(38)15-12-19-6-2-3-7-22(19)30)37-28(31-18)35-29(36-37)39-17-26-33-23-8-4-5-9-24(23)34-26/h2-16,32H,17H2,1H3,(H,33,34)/b15-12+. The lowest BCUT2D eigenvalue weighted by Crippen LogP contribution is -2.03. The molecule has 8 nitrogen and oxygen atoms in total. The van der Waals surface area contributed by atoms with Crippen molar-refractivity contribution in [3.05, 3.63) is 113 Å². The topological polar surface area (TPSA) is 101 Å². The number of carbonyl (C=O) groups excluding carboxylic acids is 1. The fourth-order valence-electron chi connectivity index (χ4n) is 4.06. The van der Waals surface area contributed by atoms with E-state index in [0.29, 0.717) is 33.6 Å². The minimum atomic E-state index is -0.371. The van der Waals surface area contributed by atoms with Crippen molar-refractivity contribution >= 4 is 51.9 Å². The maximum atomic E-state index is 13.8. The number of benzene rings is 3. The maximum absolute atomic E-state index is 13.8. The Kier molecular flexibility index (Phi) is 6.60. The summed E-state index contributed by atoms with van der Waals surface area (Å²) in [4.78, 5) is 29.6. The Bertz CT molecular complexity index is 1810. The number of fused-ring (bicyclic) bond motifs is 2.